The molecule has 0 aliphatic carbocycles. The third-order valence-corrected chi connectivity index (χ3v) is 2.10. The molecule has 2 N–H and O–H groups in total. The summed E-state index contributed by atoms with van der Waals surface area (Å²) in [7, 11) is 0. The zero-order valence-electron chi connectivity index (χ0n) is 8.79. The zero-order valence-corrected chi connectivity index (χ0v) is 10.3. The van der Waals surface area contributed by atoms with E-state index in [1.165, 1.54) is 12.1 Å². The summed E-state index contributed by atoms with van der Waals surface area (Å²) in [5.74, 6) is -0.689. The van der Waals surface area contributed by atoms with E-state index in [0.29, 0.717) is 0 Å². The standard InChI is InChI=1S/C9H9Cl2N3O3/c1-2-17-9(16)14-13-8(15)7-5(10)3-4-6(11)12-7/h3-4H,2H2,1H3,(H,13,15)(H,14,16). The van der Waals surface area contributed by atoms with E-state index in [2.05, 4.69) is 15.1 Å². The van der Waals surface area contributed by atoms with E-state index in [0.717, 1.165) is 0 Å². The predicted octanol–water partition coefficient (Wildman–Crippen LogP) is 1.78. The normalized spacial score (nSPS) is 9.59. The maximum atomic E-state index is 11.5. The minimum Gasteiger partial charge on any atom is -0.449 e. The van der Waals surface area contributed by atoms with Crippen molar-refractivity contribution in [2.24, 2.45) is 0 Å². The van der Waals surface area contributed by atoms with Crippen molar-refractivity contribution in [2.45, 2.75) is 6.92 Å². The fraction of sp³-hybridized carbons (Fsp3) is 0.222. The summed E-state index contributed by atoms with van der Waals surface area (Å²) in [4.78, 5) is 26.2. The van der Waals surface area contributed by atoms with Gasteiger partial charge in [-0.3, -0.25) is 10.2 Å². The average molecular weight is 278 g/mol. The SMILES string of the molecule is CCOC(=O)NNC(=O)c1nc(Cl)ccc1Cl. The van der Waals surface area contributed by atoms with E-state index >= 15 is 0 Å². The van der Waals surface area contributed by atoms with E-state index in [9.17, 15) is 9.59 Å². The largest absolute Gasteiger partial charge is 0.449 e. The number of amides is 2. The molecule has 0 radical (unpaired) electrons. The van der Waals surface area contributed by atoms with Gasteiger partial charge in [0.2, 0.25) is 0 Å². The Kier molecular flexibility index (Phi) is 4.99. The molecule has 0 bridgehead atoms. The summed E-state index contributed by atoms with van der Waals surface area (Å²) in [5, 5.41) is 0.244. The molecule has 0 aliphatic heterocycles. The van der Waals surface area contributed by atoms with E-state index in [1.807, 2.05) is 5.43 Å². The molecule has 0 unspecified atom stereocenters. The van der Waals surface area contributed by atoms with Crippen LogP contribution in [-0.2, 0) is 4.74 Å². The lowest BCUT2D eigenvalue weighted by atomic mass is 10.3. The van der Waals surface area contributed by atoms with Gasteiger partial charge in [-0.1, -0.05) is 23.2 Å². The van der Waals surface area contributed by atoms with Crippen LogP contribution in [0.15, 0.2) is 12.1 Å². The van der Waals surface area contributed by atoms with E-state index in [4.69, 9.17) is 23.2 Å². The Morgan fingerprint density at radius 1 is 1.35 bits per heavy atom. The van der Waals surface area contributed by atoms with Gasteiger partial charge in [0.25, 0.3) is 5.91 Å². The van der Waals surface area contributed by atoms with Gasteiger partial charge in [0.05, 0.1) is 11.6 Å². The molecule has 17 heavy (non-hydrogen) atoms. The highest BCUT2D eigenvalue weighted by atomic mass is 35.5. The first kappa shape index (κ1) is 13.5. The number of aromatic nitrogens is 1. The van der Waals surface area contributed by atoms with Gasteiger partial charge in [0.15, 0.2) is 0 Å². The van der Waals surface area contributed by atoms with E-state index in [-0.39, 0.29) is 22.5 Å². The van der Waals surface area contributed by atoms with Crippen molar-refractivity contribution in [3.63, 3.8) is 0 Å². The maximum Gasteiger partial charge on any atom is 0.426 e. The first-order valence-corrected chi connectivity index (χ1v) is 5.35. The number of pyridine rings is 1. The first-order valence-electron chi connectivity index (χ1n) is 4.59. The Labute approximate surface area is 107 Å². The third kappa shape index (κ3) is 4.08. The second-order valence-electron chi connectivity index (χ2n) is 2.76. The Hall–Kier alpha value is -1.53. The lowest BCUT2D eigenvalue weighted by molar-refractivity contribution is 0.0908. The predicted molar refractivity (Wildman–Crippen MR) is 61.9 cm³/mol. The van der Waals surface area contributed by atoms with Gasteiger partial charge < -0.3 is 4.74 Å². The molecule has 0 fully saturated rings. The molecule has 0 atom stereocenters. The van der Waals surface area contributed by atoms with Crippen LogP contribution < -0.4 is 10.9 Å². The van der Waals surface area contributed by atoms with Crippen molar-refractivity contribution < 1.29 is 14.3 Å². The first-order chi connectivity index (χ1) is 8.04. The van der Waals surface area contributed by atoms with Crippen molar-refractivity contribution >= 4 is 35.2 Å². The summed E-state index contributed by atoms with van der Waals surface area (Å²) in [6.45, 7) is 1.83. The number of hydrogen-bond donors (Lipinski definition) is 2. The van der Waals surface area contributed by atoms with Crippen LogP contribution in [0, 0.1) is 0 Å². The number of nitrogens with zero attached hydrogens (tertiary/aromatic N) is 1. The van der Waals surface area contributed by atoms with Crippen molar-refractivity contribution in [3.8, 4) is 0 Å². The van der Waals surface area contributed by atoms with Crippen LogP contribution in [0.4, 0.5) is 4.79 Å². The molecular weight excluding hydrogens is 269 g/mol. The lowest BCUT2D eigenvalue weighted by Crippen LogP contribution is -2.42. The third-order valence-electron chi connectivity index (χ3n) is 1.58. The molecule has 1 rings (SSSR count). The second-order valence-corrected chi connectivity index (χ2v) is 3.56. The van der Waals surface area contributed by atoms with Crippen LogP contribution in [-0.4, -0.2) is 23.6 Å². The maximum absolute atomic E-state index is 11.5. The highest BCUT2D eigenvalue weighted by Crippen LogP contribution is 2.16. The van der Waals surface area contributed by atoms with Crippen LogP contribution >= 0.6 is 23.2 Å². The van der Waals surface area contributed by atoms with Crippen LogP contribution in [0.3, 0.4) is 0 Å². The Morgan fingerprint density at radius 3 is 2.71 bits per heavy atom. The molecule has 0 aromatic carbocycles. The fourth-order valence-corrected chi connectivity index (χ4v) is 1.25. The highest BCUT2D eigenvalue weighted by Gasteiger charge is 2.13. The van der Waals surface area contributed by atoms with Crippen LogP contribution in [0.5, 0.6) is 0 Å². The molecule has 1 heterocycles. The minimum atomic E-state index is -0.779. The lowest BCUT2D eigenvalue weighted by Gasteiger charge is -2.07. The quantitative estimate of drug-likeness (QED) is 0.638. The van der Waals surface area contributed by atoms with Gasteiger partial charge in [-0.25, -0.2) is 15.2 Å². The van der Waals surface area contributed by atoms with Gasteiger partial charge in [0, 0.05) is 0 Å². The van der Waals surface area contributed by atoms with Crippen LogP contribution in [0.1, 0.15) is 17.4 Å². The Morgan fingerprint density at radius 2 is 2.06 bits per heavy atom. The van der Waals surface area contributed by atoms with Crippen molar-refractivity contribution in [3.05, 3.63) is 28.0 Å². The number of carbonyl (C=O) groups excluding carboxylic acids is 2. The van der Waals surface area contributed by atoms with Crippen LogP contribution in [0.25, 0.3) is 0 Å². The molecule has 8 heteroatoms. The fourth-order valence-electron chi connectivity index (χ4n) is 0.912. The molecule has 0 saturated carbocycles. The van der Waals surface area contributed by atoms with Gasteiger partial charge >= 0.3 is 6.09 Å². The summed E-state index contributed by atoms with van der Waals surface area (Å²) >= 11 is 11.4. The molecule has 1 aromatic heterocycles. The molecule has 0 spiro atoms. The second kappa shape index (κ2) is 6.27. The number of rotatable bonds is 2. The highest BCUT2D eigenvalue weighted by molar-refractivity contribution is 6.34. The zero-order chi connectivity index (χ0) is 12.8. The number of halogens is 2. The van der Waals surface area contributed by atoms with Crippen molar-refractivity contribution in [1.29, 1.82) is 0 Å². The molecule has 6 nitrogen and oxygen atoms in total. The van der Waals surface area contributed by atoms with Gasteiger partial charge in [-0.05, 0) is 19.1 Å². The van der Waals surface area contributed by atoms with Crippen LogP contribution in [0.2, 0.25) is 10.2 Å². The van der Waals surface area contributed by atoms with Gasteiger partial charge in [-0.15, -0.1) is 0 Å². The summed E-state index contributed by atoms with van der Waals surface area (Å²) in [5.41, 5.74) is 4.02. The van der Waals surface area contributed by atoms with E-state index in [1.54, 1.807) is 6.92 Å². The van der Waals surface area contributed by atoms with Crippen molar-refractivity contribution in [2.75, 3.05) is 6.61 Å². The summed E-state index contributed by atoms with van der Waals surface area (Å²) in [6.07, 6.45) is -0.779. The monoisotopic (exact) mass is 277 g/mol. The molecule has 0 aliphatic rings. The van der Waals surface area contributed by atoms with E-state index < -0.39 is 12.0 Å². The average Bonchev–Trinajstić information content (AvgIpc) is 2.29. The van der Waals surface area contributed by atoms with Crippen molar-refractivity contribution in [1.82, 2.24) is 15.8 Å². The van der Waals surface area contributed by atoms with Gasteiger partial charge in [-0.2, -0.15) is 0 Å². The summed E-state index contributed by atoms with van der Waals surface area (Å²) in [6, 6.07) is 2.87. The van der Waals surface area contributed by atoms with Gasteiger partial charge in [0.1, 0.15) is 10.8 Å². The number of ether oxygens (including phenoxy) is 1. The molecule has 92 valence electrons. The molecule has 1 aromatic rings. The smallest absolute Gasteiger partial charge is 0.426 e. The molecular formula is C9H9Cl2N3O3. The Balaban J connectivity index is 2.64. The summed E-state index contributed by atoms with van der Waals surface area (Å²) < 4.78 is 4.54. The molecule has 0 saturated heterocycles. The number of hydrogen-bond acceptors (Lipinski definition) is 4. The molecule has 2 amide bonds. The number of nitrogens with one attached hydrogen (secondary N) is 2. The number of hydrazine groups is 1. The minimum absolute atomic E-state index is 0.0871. The topological polar surface area (TPSA) is 80.3 Å². The number of carbonyl (C=O) groups is 2. The Bertz CT molecular complexity index is 439.